The van der Waals surface area contributed by atoms with Crippen LogP contribution in [0.2, 0.25) is 10.0 Å². The van der Waals surface area contributed by atoms with Crippen LogP contribution in [-0.4, -0.2) is 87.7 Å². The minimum Gasteiger partial charge on any atom is -0.344 e. The fourth-order valence-electron chi connectivity index (χ4n) is 6.56. The molecule has 44 heavy (non-hydrogen) atoms. The zero-order valence-electron chi connectivity index (χ0n) is 28.4. The largest absolute Gasteiger partial charge is 0.344 e. The Kier molecular flexibility index (Phi) is 10.3. The van der Waals surface area contributed by atoms with E-state index in [1.165, 1.54) is 33.9 Å². The second-order valence-corrected chi connectivity index (χ2v) is 16.7. The summed E-state index contributed by atoms with van der Waals surface area (Å²) in [6.07, 6.45) is 10.7. The van der Waals surface area contributed by atoms with Crippen LogP contribution in [0.3, 0.4) is 0 Å². The van der Waals surface area contributed by atoms with E-state index in [0.29, 0.717) is 5.03 Å². The maximum absolute atomic E-state index is 6.95. The Morgan fingerprint density at radius 2 is 1.41 bits per heavy atom. The molecule has 0 fully saturated rings. The predicted molar refractivity (Wildman–Crippen MR) is 192 cm³/mol. The van der Waals surface area contributed by atoms with Crippen molar-refractivity contribution in [3.8, 4) is 0 Å². The van der Waals surface area contributed by atoms with Crippen LogP contribution in [0.5, 0.6) is 0 Å². The van der Waals surface area contributed by atoms with Gasteiger partial charge in [-0.05, 0) is 68.0 Å². The van der Waals surface area contributed by atoms with Gasteiger partial charge < -0.3 is 13.9 Å². The lowest BCUT2D eigenvalue weighted by Crippen LogP contribution is -2.37. The molecule has 2 aromatic carbocycles. The Bertz CT molecular complexity index is 1510. The fourth-order valence-corrected chi connectivity index (χ4v) is 7.03. The third kappa shape index (κ3) is 7.82. The third-order valence-electron chi connectivity index (χ3n) is 8.93. The molecule has 0 spiro atoms. The summed E-state index contributed by atoms with van der Waals surface area (Å²) in [5.74, 6) is 0. The van der Waals surface area contributed by atoms with Gasteiger partial charge in [0.15, 0.2) is 12.3 Å². The summed E-state index contributed by atoms with van der Waals surface area (Å²) in [7, 11) is 13.5. The van der Waals surface area contributed by atoms with Gasteiger partial charge in [0.2, 0.25) is 5.69 Å². The first-order valence-corrected chi connectivity index (χ1v) is 16.8. The van der Waals surface area contributed by atoms with Crippen LogP contribution in [0.15, 0.2) is 71.4 Å². The molecule has 0 unspecified atom stereocenters. The lowest BCUT2D eigenvalue weighted by Gasteiger charge is -2.29. The first kappa shape index (κ1) is 34.8. The van der Waals surface area contributed by atoms with Gasteiger partial charge >= 0.3 is 0 Å². The summed E-state index contributed by atoms with van der Waals surface area (Å²) in [6, 6.07) is 12.5. The van der Waals surface area contributed by atoms with Gasteiger partial charge in [-0.1, -0.05) is 48.7 Å². The Balaban J connectivity index is 1.67. The van der Waals surface area contributed by atoms with Crippen molar-refractivity contribution in [3.05, 3.63) is 92.6 Å². The molecular formula is C37H52Cl3N4+3. The van der Waals surface area contributed by atoms with Gasteiger partial charge in [0, 0.05) is 62.5 Å². The van der Waals surface area contributed by atoms with Gasteiger partial charge in [-0.2, -0.15) is 4.58 Å². The number of anilines is 1. The number of fused-ring (bicyclic) bond motifs is 2. The van der Waals surface area contributed by atoms with Crippen molar-refractivity contribution in [3.63, 3.8) is 0 Å². The van der Waals surface area contributed by atoms with E-state index >= 15 is 0 Å². The van der Waals surface area contributed by atoms with Crippen molar-refractivity contribution >= 4 is 51.9 Å². The van der Waals surface area contributed by atoms with E-state index in [4.69, 9.17) is 34.8 Å². The summed E-state index contributed by atoms with van der Waals surface area (Å²) in [4.78, 5) is 2.45. The molecule has 0 saturated heterocycles. The monoisotopic (exact) mass is 657 g/mol. The quantitative estimate of drug-likeness (QED) is 0.133. The van der Waals surface area contributed by atoms with E-state index < -0.39 is 0 Å². The number of halogens is 3. The van der Waals surface area contributed by atoms with E-state index in [9.17, 15) is 0 Å². The van der Waals surface area contributed by atoms with Crippen LogP contribution in [0.4, 0.5) is 11.4 Å². The van der Waals surface area contributed by atoms with E-state index in [0.717, 1.165) is 58.0 Å². The van der Waals surface area contributed by atoms with Crippen LogP contribution in [-0.2, 0) is 10.8 Å². The molecule has 0 aliphatic carbocycles. The van der Waals surface area contributed by atoms with Gasteiger partial charge in [0.25, 0.3) is 0 Å². The maximum Gasteiger partial charge on any atom is 0.209 e. The summed E-state index contributed by atoms with van der Waals surface area (Å²) in [5, 5.41) is 2.23. The Hall–Kier alpha value is -2.08. The van der Waals surface area contributed by atoms with Gasteiger partial charge in [-0.3, -0.25) is 0 Å². The molecule has 2 aromatic rings. The molecule has 7 heteroatoms. The third-order valence-corrected chi connectivity index (χ3v) is 9.65. The summed E-state index contributed by atoms with van der Waals surface area (Å²) >= 11 is 19.9. The van der Waals surface area contributed by atoms with Crippen LogP contribution in [0, 0.1) is 0 Å². The van der Waals surface area contributed by atoms with Gasteiger partial charge in [-0.25, -0.2) is 0 Å². The molecule has 238 valence electrons. The van der Waals surface area contributed by atoms with Crippen molar-refractivity contribution in [2.45, 2.75) is 51.4 Å². The molecule has 4 rings (SSSR count). The Morgan fingerprint density at radius 3 is 2.05 bits per heavy atom. The second kappa shape index (κ2) is 13.0. The number of nitrogens with zero attached hydrogens (tertiary/aromatic N) is 4. The summed E-state index contributed by atoms with van der Waals surface area (Å²) < 4.78 is 4.34. The van der Waals surface area contributed by atoms with E-state index in [2.05, 4.69) is 116 Å². The molecule has 0 atom stereocenters. The highest BCUT2D eigenvalue weighted by molar-refractivity contribution is 6.32. The number of benzene rings is 2. The number of allylic oxidation sites excluding steroid dienone is 6. The van der Waals surface area contributed by atoms with Gasteiger partial charge in [0.1, 0.15) is 0 Å². The fraction of sp³-hybridized carbons (Fsp3) is 0.486. The van der Waals surface area contributed by atoms with Crippen molar-refractivity contribution in [1.29, 1.82) is 0 Å². The number of hydrogen-bond donors (Lipinski definition) is 0. The van der Waals surface area contributed by atoms with Crippen molar-refractivity contribution in [2.75, 3.05) is 73.4 Å². The highest BCUT2D eigenvalue weighted by Crippen LogP contribution is 2.49. The average Bonchev–Trinajstić information content (AvgIpc) is 3.22. The molecule has 2 heterocycles. The minimum atomic E-state index is -0.195. The average molecular weight is 659 g/mol. The minimum absolute atomic E-state index is 0.195. The molecule has 2 aliphatic heterocycles. The van der Waals surface area contributed by atoms with Crippen LogP contribution in [0.25, 0.3) is 0 Å². The second-order valence-electron chi connectivity index (χ2n) is 15.4. The molecule has 2 aliphatic rings. The number of hydrogen-bond acceptors (Lipinski definition) is 1. The van der Waals surface area contributed by atoms with Crippen LogP contribution >= 0.6 is 34.8 Å². The van der Waals surface area contributed by atoms with Gasteiger partial charge in [-0.15, -0.1) is 0 Å². The zero-order valence-corrected chi connectivity index (χ0v) is 30.7. The van der Waals surface area contributed by atoms with Gasteiger partial charge in [0.05, 0.1) is 67.2 Å². The molecular weight excluding hydrogens is 607 g/mol. The number of quaternary nitrogens is 2. The normalized spacial score (nSPS) is 19.0. The lowest BCUT2D eigenvalue weighted by atomic mass is 9.81. The Labute approximate surface area is 281 Å². The van der Waals surface area contributed by atoms with Crippen molar-refractivity contribution in [1.82, 2.24) is 0 Å². The highest BCUT2D eigenvalue weighted by Gasteiger charge is 2.44. The van der Waals surface area contributed by atoms with E-state index in [1.54, 1.807) is 0 Å². The van der Waals surface area contributed by atoms with Crippen LogP contribution < -0.4 is 4.90 Å². The van der Waals surface area contributed by atoms with Crippen LogP contribution in [0.1, 0.15) is 51.7 Å². The molecule has 0 saturated carbocycles. The molecule has 4 nitrogen and oxygen atoms in total. The molecule has 0 aromatic heterocycles. The zero-order chi connectivity index (χ0) is 32.7. The Morgan fingerprint density at radius 1 is 0.818 bits per heavy atom. The highest BCUT2D eigenvalue weighted by atomic mass is 35.5. The molecule has 0 radical (unpaired) electrons. The maximum atomic E-state index is 6.95. The summed E-state index contributed by atoms with van der Waals surface area (Å²) in [5.41, 5.74) is 7.06. The number of rotatable bonds is 11. The topological polar surface area (TPSA) is 6.25 Å². The molecule has 0 amide bonds. The summed E-state index contributed by atoms with van der Waals surface area (Å²) in [6.45, 7) is 13.2. The van der Waals surface area contributed by atoms with Crippen molar-refractivity contribution in [2.24, 2.45) is 0 Å². The first-order chi connectivity index (χ1) is 20.3. The molecule has 0 bridgehead atoms. The van der Waals surface area contributed by atoms with E-state index in [1.807, 2.05) is 24.3 Å². The first-order valence-electron chi connectivity index (χ1n) is 15.7. The predicted octanol–water partition coefficient (Wildman–Crippen LogP) is 8.92. The van der Waals surface area contributed by atoms with E-state index in [-0.39, 0.29) is 10.8 Å². The van der Waals surface area contributed by atoms with Crippen molar-refractivity contribution < 1.29 is 13.5 Å². The smallest absolute Gasteiger partial charge is 0.209 e. The SMILES string of the molecule is CC1(C)C(=CC=C(Cl)C=CC2=[N+](CCC[N+](C)(C)C)c3ccc(Cl)cc3C2(C)C)N(CCC[N+](C)(C)C)c2ccc(Cl)cc21. The molecule has 0 N–H and O–H groups in total. The lowest BCUT2D eigenvalue weighted by molar-refractivity contribution is -0.871. The standard InChI is InChI=1S/C37H52Cl3N4/c1-36(2)30-25-28(39)13-17-32(30)41(21-11-23-43(5,6)7)34(36)19-15-27(38)16-20-35-37(3,4)31-26-29(40)14-18-33(31)42(35)22-12-24-44(8,9)10/h13-20,25-26H,11-12,21-24H2,1-10H3/q+3.